The third-order valence-electron chi connectivity index (χ3n) is 6.41. The number of methoxy groups -OCH3 is 1. The lowest BCUT2D eigenvalue weighted by Gasteiger charge is -2.36. The van der Waals surface area contributed by atoms with Crippen molar-refractivity contribution in [2.24, 2.45) is 5.73 Å². The predicted molar refractivity (Wildman–Crippen MR) is 141 cm³/mol. The van der Waals surface area contributed by atoms with Crippen LogP contribution in [-0.4, -0.2) is 61.7 Å². The summed E-state index contributed by atoms with van der Waals surface area (Å²) in [6.45, 7) is 3.28. The maximum absolute atomic E-state index is 13.6. The van der Waals surface area contributed by atoms with E-state index in [0.717, 1.165) is 4.90 Å². The Bertz CT molecular complexity index is 1370. The molecule has 0 aliphatic carbocycles. The number of halogens is 1. The summed E-state index contributed by atoms with van der Waals surface area (Å²) in [5.41, 5.74) is 6.94. The van der Waals surface area contributed by atoms with Gasteiger partial charge in [0.15, 0.2) is 6.23 Å². The summed E-state index contributed by atoms with van der Waals surface area (Å²) in [5, 5.41) is 3.32. The first kappa shape index (κ1) is 28.0. The molecule has 0 saturated heterocycles. The van der Waals surface area contributed by atoms with Gasteiger partial charge in [0.05, 0.1) is 54.2 Å². The van der Waals surface area contributed by atoms with Gasteiger partial charge in [-0.2, -0.15) is 0 Å². The van der Waals surface area contributed by atoms with Crippen LogP contribution in [0, 0.1) is 0 Å². The summed E-state index contributed by atoms with van der Waals surface area (Å²) >= 11 is 6.57. The molecule has 2 aliphatic rings. The van der Waals surface area contributed by atoms with Crippen LogP contribution in [0.4, 0.5) is 0 Å². The molecule has 2 amide bonds. The van der Waals surface area contributed by atoms with Gasteiger partial charge in [-0.1, -0.05) is 41.9 Å². The lowest BCUT2D eigenvalue weighted by molar-refractivity contribution is -0.139. The van der Waals surface area contributed by atoms with Crippen molar-refractivity contribution in [3.8, 4) is 0 Å². The molecular weight excluding hydrogens is 526 g/mol. The number of benzene rings is 2. The number of nitrogens with zero attached hydrogens (tertiary/aromatic N) is 1. The van der Waals surface area contributed by atoms with Crippen molar-refractivity contribution >= 4 is 35.4 Å². The van der Waals surface area contributed by atoms with Crippen molar-refractivity contribution in [2.45, 2.75) is 26.0 Å². The van der Waals surface area contributed by atoms with Crippen LogP contribution in [0.25, 0.3) is 0 Å². The maximum Gasteiger partial charge on any atom is 0.336 e. The fourth-order valence-electron chi connectivity index (χ4n) is 4.77. The molecule has 2 aromatic carbocycles. The zero-order chi connectivity index (χ0) is 28.3. The van der Waals surface area contributed by atoms with Gasteiger partial charge < -0.3 is 25.3 Å². The van der Waals surface area contributed by atoms with Crippen LogP contribution in [0.1, 0.15) is 46.0 Å². The van der Waals surface area contributed by atoms with Gasteiger partial charge in [0.25, 0.3) is 11.8 Å². The van der Waals surface area contributed by atoms with Crippen molar-refractivity contribution in [2.75, 3.05) is 26.9 Å². The molecule has 2 heterocycles. The molecule has 3 N–H and O–H groups in total. The van der Waals surface area contributed by atoms with Gasteiger partial charge in [0.1, 0.15) is 0 Å². The molecule has 2 unspecified atom stereocenters. The first-order chi connectivity index (χ1) is 18.8. The number of hydrogen-bond donors (Lipinski definition) is 2. The molecule has 0 radical (unpaired) electrons. The fraction of sp³-hybridized carbons (Fsp3) is 0.286. The van der Waals surface area contributed by atoms with E-state index < -0.39 is 35.9 Å². The molecule has 2 aliphatic heterocycles. The largest absolute Gasteiger partial charge is 0.466 e. The molecule has 0 bridgehead atoms. The van der Waals surface area contributed by atoms with Crippen molar-refractivity contribution < 1.29 is 33.4 Å². The van der Waals surface area contributed by atoms with E-state index in [-0.39, 0.29) is 52.8 Å². The number of nitrogens with two attached hydrogens (primary N) is 1. The number of hydrogen-bond acceptors (Lipinski definition) is 9. The quantitative estimate of drug-likeness (QED) is 0.354. The topological polar surface area (TPSA) is 137 Å². The normalized spacial score (nSPS) is 17.7. The molecule has 11 heteroatoms. The average molecular weight is 554 g/mol. The zero-order valence-electron chi connectivity index (χ0n) is 21.7. The van der Waals surface area contributed by atoms with Gasteiger partial charge in [0.2, 0.25) is 0 Å². The van der Waals surface area contributed by atoms with E-state index in [4.69, 9.17) is 31.5 Å². The molecule has 2 aromatic rings. The number of ether oxygens (including phenoxy) is 3. The Morgan fingerprint density at radius 2 is 1.64 bits per heavy atom. The summed E-state index contributed by atoms with van der Waals surface area (Å²) in [6, 6.07) is 13.1. The predicted octanol–water partition coefficient (Wildman–Crippen LogP) is 2.89. The van der Waals surface area contributed by atoms with E-state index in [1.165, 1.54) is 19.2 Å². The molecule has 0 spiro atoms. The van der Waals surface area contributed by atoms with Crippen LogP contribution in [0.3, 0.4) is 0 Å². The highest BCUT2D eigenvalue weighted by atomic mass is 35.5. The molecule has 10 nitrogen and oxygen atoms in total. The van der Waals surface area contributed by atoms with E-state index >= 15 is 0 Å². The van der Waals surface area contributed by atoms with Crippen LogP contribution < -0.4 is 11.1 Å². The fourth-order valence-corrected chi connectivity index (χ4v) is 5.02. The minimum Gasteiger partial charge on any atom is -0.466 e. The third-order valence-corrected chi connectivity index (χ3v) is 6.76. The minimum absolute atomic E-state index is 0.0163. The van der Waals surface area contributed by atoms with E-state index in [0.29, 0.717) is 11.3 Å². The monoisotopic (exact) mass is 553 g/mol. The second-order valence-electron chi connectivity index (χ2n) is 8.70. The zero-order valence-corrected chi connectivity index (χ0v) is 22.4. The van der Waals surface area contributed by atoms with Gasteiger partial charge in [0, 0.05) is 17.3 Å². The van der Waals surface area contributed by atoms with E-state index in [2.05, 4.69) is 5.32 Å². The Labute approximate surface area is 230 Å². The van der Waals surface area contributed by atoms with Crippen LogP contribution in [0.5, 0.6) is 0 Å². The second-order valence-corrected chi connectivity index (χ2v) is 9.10. The number of carbonyl (C=O) groups excluding carboxylic acids is 4. The highest BCUT2D eigenvalue weighted by Gasteiger charge is 2.47. The van der Waals surface area contributed by atoms with Gasteiger partial charge in [-0.25, -0.2) is 14.5 Å². The minimum atomic E-state index is -1.40. The molecule has 2 atom stereocenters. The number of allylic oxidation sites excluding steroid dienone is 1. The highest BCUT2D eigenvalue weighted by Crippen LogP contribution is 2.43. The Morgan fingerprint density at radius 1 is 1.03 bits per heavy atom. The number of rotatable bonds is 9. The highest BCUT2D eigenvalue weighted by molar-refractivity contribution is 6.31. The molecule has 0 saturated carbocycles. The van der Waals surface area contributed by atoms with Crippen molar-refractivity contribution in [3.05, 3.63) is 92.8 Å². The summed E-state index contributed by atoms with van der Waals surface area (Å²) in [5.74, 6) is -3.78. The van der Waals surface area contributed by atoms with Gasteiger partial charge in [-0.3, -0.25) is 9.59 Å². The number of fused-ring (bicyclic) bond motifs is 1. The van der Waals surface area contributed by atoms with Crippen molar-refractivity contribution in [1.29, 1.82) is 0 Å². The Hall–Kier alpha value is -3.99. The van der Waals surface area contributed by atoms with E-state index in [1.54, 1.807) is 50.2 Å². The summed E-state index contributed by atoms with van der Waals surface area (Å²) in [7, 11) is 1.22. The van der Waals surface area contributed by atoms with Crippen molar-refractivity contribution in [1.82, 2.24) is 10.2 Å². The average Bonchev–Trinajstić information content (AvgIpc) is 3.18. The number of esters is 2. The summed E-state index contributed by atoms with van der Waals surface area (Å²) in [6.07, 6.45) is -1.40. The van der Waals surface area contributed by atoms with E-state index in [1.807, 2.05) is 0 Å². The Balaban J connectivity index is 1.99. The third kappa shape index (κ3) is 5.06. The SMILES string of the molecule is CCOC(=O)C1=C(C(OCCN)N2C(=O)c3ccccc3C2=O)NC(C)=C(C(=O)OC)C1c1ccccc1Cl. The maximum atomic E-state index is 13.6. The summed E-state index contributed by atoms with van der Waals surface area (Å²) in [4.78, 5) is 54.6. The van der Waals surface area contributed by atoms with Crippen LogP contribution in [0.15, 0.2) is 71.1 Å². The molecule has 204 valence electrons. The van der Waals surface area contributed by atoms with E-state index in [9.17, 15) is 19.2 Å². The first-order valence-electron chi connectivity index (χ1n) is 12.3. The lowest BCUT2D eigenvalue weighted by Crippen LogP contribution is -2.49. The van der Waals surface area contributed by atoms with Gasteiger partial charge in [-0.05, 0) is 37.6 Å². The van der Waals surface area contributed by atoms with Gasteiger partial charge in [-0.15, -0.1) is 0 Å². The molecule has 0 aromatic heterocycles. The molecule has 39 heavy (non-hydrogen) atoms. The van der Waals surface area contributed by atoms with Crippen molar-refractivity contribution in [3.63, 3.8) is 0 Å². The van der Waals surface area contributed by atoms with Gasteiger partial charge >= 0.3 is 11.9 Å². The van der Waals surface area contributed by atoms with Crippen LogP contribution in [0.2, 0.25) is 5.02 Å². The number of imide groups is 1. The smallest absolute Gasteiger partial charge is 0.336 e. The number of nitrogens with one attached hydrogen (secondary N) is 1. The second kappa shape index (κ2) is 11.8. The first-order valence-corrected chi connectivity index (χ1v) is 12.6. The lowest BCUT2D eigenvalue weighted by atomic mass is 9.79. The summed E-state index contributed by atoms with van der Waals surface area (Å²) < 4.78 is 16.5. The number of dihydropyridines is 1. The number of amides is 2. The van der Waals surface area contributed by atoms with Crippen LogP contribution >= 0.6 is 11.6 Å². The Morgan fingerprint density at radius 3 is 2.21 bits per heavy atom. The Kier molecular flexibility index (Phi) is 8.49. The molecule has 4 rings (SSSR count). The molecule has 0 fully saturated rings. The van der Waals surface area contributed by atoms with Crippen LogP contribution in [-0.2, 0) is 23.8 Å². The number of carbonyl (C=O) groups is 4. The standard InChI is InChI=1S/C28H28ClN3O7/c1-4-38-28(36)22-21(18-11-7-8-12-19(18)29)20(27(35)37-3)15(2)31-23(22)26(39-14-13-30)32-24(33)16-9-5-6-10-17(16)25(32)34/h5-12,21,26,31H,4,13-14,30H2,1-3H3. The molecular formula is C28H28ClN3O7.